The van der Waals surface area contributed by atoms with Crippen molar-refractivity contribution in [2.45, 2.75) is 58.8 Å². The number of hydrogen-bond donors (Lipinski definition) is 1. The average Bonchev–Trinajstić information content (AvgIpc) is 3.12. The molecule has 0 saturated carbocycles. The molecule has 3 aliphatic rings. The molecule has 3 saturated heterocycles. The average molecular weight is 708 g/mol. The van der Waals surface area contributed by atoms with Crippen molar-refractivity contribution in [3.63, 3.8) is 0 Å². The molecule has 3 aliphatic heterocycles. The Morgan fingerprint density at radius 1 is 0.840 bits per heavy atom. The highest BCUT2D eigenvalue weighted by molar-refractivity contribution is 6.49. The third-order valence-corrected chi connectivity index (χ3v) is 9.26. The zero-order valence-electron chi connectivity index (χ0n) is 29.4. The standard InChI is InChI=1S/C38H46ClN3O8/c1-37(2,3)50-32(43)24-49-41-34(36(44)40-25-38-16-19-42(20-17-38)21-18-38)30-14-15-31(47-22-26-6-10-28(45-4)11-7-26)35(33(30)39)48-23-27-8-12-29(46-5)13-9-27/h6-15H,16-25H2,1-5H3,(H,40,44)/b41-34-. The largest absolute Gasteiger partial charge is 0.497 e. The monoisotopic (exact) mass is 707 g/mol. The third kappa shape index (κ3) is 9.82. The maximum atomic E-state index is 13.9. The second-order valence-corrected chi connectivity index (χ2v) is 14.0. The Labute approximate surface area is 298 Å². The first-order valence-electron chi connectivity index (χ1n) is 16.7. The molecule has 50 heavy (non-hydrogen) atoms. The summed E-state index contributed by atoms with van der Waals surface area (Å²) in [6.07, 6.45) is 3.04. The predicted octanol–water partition coefficient (Wildman–Crippen LogP) is 6.18. The second kappa shape index (κ2) is 16.5. The number of fused-ring (bicyclic) bond motifs is 3. The van der Waals surface area contributed by atoms with Crippen molar-refractivity contribution in [2.24, 2.45) is 10.6 Å². The number of rotatable bonds is 15. The Hall–Kier alpha value is -4.48. The van der Waals surface area contributed by atoms with Crippen LogP contribution in [0.1, 0.15) is 56.7 Å². The molecule has 0 radical (unpaired) electrons. The summed E-state index contributed by atoms with van der Waals surface area (Å²) in [5, 5.41) is 7.35. The number of esters is 1. The Bertz CT molecular complexity index is 1630. The number of carbonyl (C=O) groups excluding carboxylic acids is 2. The molecule has 0 spiro atoms. The van der Waals surface area contributed by atoms with Gasteiger partial charge in [-0.05, 0) is 113 Å². The van der Waals surface area contributed by atoms with Crippen LogP contribution in [0.5, 0.6) is 23.0 Å². The van der Waals surface area contributed by atoms with Crippen molar-refractivity contribution in [3.8, 4) is 23.0 Å². The van der Waals surface area contributed by atoms with Crippen molar-refractivity contribution in [1.29, 1.82) is 0 Å². The summed E-state index contributed by atoms with van der Waals surface area (Å²) in [6.45, 7) is 8.71. The highest BCUT2D eigenvalue weighted by atomic mass is 35.5. The number of hydrogen-bond acceptors (Lipinski definition) is 10. The fourth-order valence-corrected chi connectivity index (χ4v) is 6.28. The van der Waals surface area contributed by atoms with E-state index in [1.165, 1.54) is 0 Å². The minimum Gasteiger partial charge on any atom is -0.497 e. The molecule has 11 nitrogen and oxygen atoms in total. The molecule has 0 aromatic heterocycles. The number of nitrogens with zero attached hydrogens (tertiary/aromatic N) is 2. The molecule has 268 valence electrons. The lowest BCUT2D eigenvalue weighted by molar-refractivity contribution is -0.160. The van der Waals surface area contributed by atoms with Gasteiger partial charge >= 0.3 is 5.97 Å². The Balaban J connectivity index is 1.43. The molecule has 1 amide bonds. The molecular weight excluding hydrogens is 662 g/mol. The van der Waals surface area contributed by atoms with Crippen LogP contribution in [-0.2, 0) is 32.4 Å². The number of oxime groups is 1. The van der Waals surface area contributed by atoms with Gasteiger partial charge in [0.25, 0.3) is 5.91 Å². The number of ether oxygens (including phenoxy) is 5. The molecule has 3 fully saturated rings. The van der Waals surface area contributed by atoms with Gasteiger partial charge in [0.15, 0.2) is 17.2 Å². The molecule has 6 rings (SSSR count). The molecule has 3 aromatic carbocycles. The number of benzene rings is 3. The first-order valence-corrected chi connectivity index (χ1v) is 17.1. The summed E-state index contributed by atoms with van der Waals surface area (Å²) in [6, 6.07) is 18.3. The highest BCUT2D eigenvalue weighted by Gasteiger charge is 2.39. The van der Waals surface area contributed by atoms with E-state index in [1.807, 2.05) is 48.5 Å². The molecule has 0 atom stereocenters. The van der Waals surface area contributed by atoms with Gasteiger partial charge in [-0.25, -0.2) is 4.79 Å². The van der Waals surface area contributed by atoms with Crippen molar-refractivity contribution < 1.29 is 38.1 Å². The summed E-state index contributed by atoms with van der Waals surface area (Å²) >= 11 is 7.07. The van der Waals surface area contributed by atoms with Gasteiger partial charge in [0.2, 0.25) is 6.61 Å². The zero-order valence-corrected chi connectivity index (χ0v) is 30.1. The van der Waals surface area contributed by atoms with Gasteiger partial charge in [-0.1, -0.05) is 41.0 Å². The van der Waals surface area contributed by atoms with Crippen LogP contribution >= 0.6 is 11.6 Å². The summed E-state index contributed by atoms with van der Waals surface area (Å²) in [5.74, 6) is 0.938. The molecular formula is C38H46ClN3O8. The number of carbonyl (C=O) groups is 2. The Kier molecular flexibility index (Phi) is 12.1. The number of methoxy groups -OCH3 is 2. The highest BCUT2D eigenvalue weighted by Crippen LogP contribution is 2.41. The van der Waals surface area contributed by atoms with Crippen LogP contribution in [0.4, 0.5) is 0 Å². The lowest BCUT2D eigenvalue weighted by atomic mass is 9.72. The van der Waals surface area contributed by atoms with E-state index in [2.05, 4.69) is 15.4 Å². The van der Waals surface area contributed by atoms with Crippen LogP contribution in [0.2, 0.25) is 5.02 Å². The van der Waals surface area contributed by atoms with Gasteiger partial charge < -0.3 is 38.7 Å². The Morgan fingerprint density at radius 2 is 1.40 bits per heavy atom. The van der Waals surface area contributed by atoms with Crippen molar-refractivity contribution in [3.05, 3.63) is 82.4 Å². The summed E-state index contributed by atoms with van der Waals surface area (Å²) in [4.78, 5) is 34.2. The van der Waals surface area contributed by atoms with E-state index in [9.17, 15) is 9.59 Å². The van der Waals surface area contributed by atoms with E-state index in [0.717, 1.165) is 55.8 Å². The Morgan fingerprint density at radius 3 is 1.94 bits per heavy atom. The molecule has 0 aliphatic carbocycles. The van der Waals surface area contributed by atoms with Crippen LogP contribution in [0.15, 0.2) is 65.8 Å². The fourth-order valence-electron chi connectivity index (χ4n) is 5.98. The summed E-state index contributed by atoms with van der Waals surface area (Å²) in [7, 11) is 3.22. The number of nitrogens with one attached hydrogen (secondary N) is 1. The van der Waals surface area contributed by atoms with E-state index in [4.69, 9.17) is 40.1 Å². The maximum Gasteiger partial charge on any atom is 0.347 e. The van der Waals surface area contributed by atoms with Gasteiger partial charge in [0.1, 0.15) is 30.3 Å². The van der Waals surface area contributed by atoms with Gasteiger partial charge in [0.05, 0.1) is 19.2 Å². The summed E-state index contributed by atoms with van der Waals surface area (Å²) in [5.41, 5.74) is 1.24. The minimum atomic E-state index is -0.708. The van der Waals surface area contributed by atoms with Crippen LogP contribution in [0, 0.1) is 5.41 Å². The van der Waals surface area contributed by atoms with Crippen LogP contribution in [-0.4, -0.2) is 75.1 Å². The van der Waals surface area contributed by atoms with Crippen LogP contribution < -0.4 is 24.3 Å². The fraction of sp³-hybridized carbons (Fsp3) is 0.447. The molecule has 0 unspecified atom stereocenters. The topological polar surface area (TPSA) is 117 Å². The molecule has 12 heteroatoms. The lowest BCUT2D eigenvalue weighted by Gasteiger charge is -2.48. The SMILES string of the molecule is COc1ccc(COc2ccc(/C(=N/OCC(=O)OC(C)(C)C)C(=O)NCC34CCN(CC3)CC4)c(Cl)c2OCc2ccc(OC)cc2)cc1. The van der Waals surface area contributed by atoms with Gasteiger partial charge in [0, 0.05) is 12.1 Å². The number of halogens is 1. The van der Waals surface area contributed by atoms with Gasteiger partial charge in [-0.15, -0.1) is 0 Å². The molecule has 1 N–H and O–H groups in total. The van der Waals surface area contributed by atoms with Crippen LogP contribution in [0.25, 0.3) is 0 Å². The number of amides is 1. The maximum absolute atomic E-state index is 13.9. The van der Waals surface area contributed by atoms with Crippen molar-refractivity contribution >= 4 is 29.2 Å². The molecule has 2 bridgehead atoms. The normalized spacial score (nSPS) is 18.6. The van der Waals surface area contributed by atoms with Crippen LogP contribution in [0.3, 0.4) is 0 Å². The van der Waals surface area contributed by atoms with E-state index in [0.29, 0.717) is 18.0 Å². The number of piperidine rings is 3. The predicted molar refractivity (Wildman–Crippen MR) is 190 cm³/mol. The van der Waals surface area contributed by atoms with Crippen molar-refractivity contribution in [2.75, 3.05) is 47.0 Å². The van der Waals surface area contributed by atoms with E-state index >= 15 is 0 Å². The zero-order chi connectivity index (χ0) is 35.7. The van der Waals surface area contributed by atoms with Crippen molar-refractivity contribution in [1.82, 2.24) is 10.2 Å². The van der Waals surface area contributed by atoms with Gasteiger partial charge in [-0.3, -0.25) is 4.79 Å². The molecule has 3 aromatic rings. The lowest BCUT2D eigenvalue weighted by Crippen LogP contribution is -2.53. The van der Waals surface area contributed by atoms with Gasteiger partial charge in [-0.2, -0.15) is 0 Å². The quantitative estimate of drug-likeness (QED) is 0.112. The smallest absolute Gasteiger partial charge is 0.347 e. The summed E-state index contributed by atoms with van der Waals surface area (Å²) < 4.78 is 28.4. The minimum absolute atomic E-state index is 0.0302. The second-order valence-electron chi connectivity index (χ2n) is 13.6. The van der Waals surface area contributed by atoms with E-state index in [1.54, 1.807) is 47.1 Å². The van der Waals surface area contributed by atoms with E-state index in [-0.39, 0.29) is 40.7 Å². The third-order valence-electron chi connectivity index (χ3n) is 8.88. The molecule has 3 heterocycles. The van der Waals surface area contributed by atoms with E-state index < -0.39 is 24.1 Å². The first-order chi connectivity index (χ1) is 24.0. The first kappa shape index (κ1) is 36.8.